The average Bonchev–Trinajstić information content (AvgIpc) is 2.88. The van der Waals surface area contributed by atoms with Gasteiger partial charge >= 0.3 is 12.4 Å². The van der Waals surface area contributed by atoms with Crippen molar-refractivity contribution < 1.29 is 44.9 Å². The van der Waals surface area contributed by atoms with E-state index in [9.17, 15) is 35.9 Å². The van der Waals surface area contributed by atoms with E-state index in [2.05, 4.69) is 4.90 Å². The number of piperazine rings is 1. The fraction of sp³-hybridized carbons (Fsp3) is 0.571. The summed E-state index contributed by atoms with van der Waals surface area (Å²) < 4.78 is 106. The van der Waals surface area contributed by atoms with Crippen molar-refractivity contribution in [2.75, 3.05) is 45.9 Å². The van der Waals surface area contributed by atoms with Crippen LogP contribution in [0, 0.1) is 16.9 Å². The second-order valence-corrected chi connectivity index (χ2v) is 10.6. The zero-order valence-corrected chi connectivity index (χ0v) is 23.5. The molecule has 41 heavy (non-hydrogen) atoms. The summed E-state index contributed by atoms with van der Waals surface area (Å²) in [6.45, 7) is 6.75. The van der Waals surface area contributed by atoms with Gasteiger partial charge in [0.1, 0.15) is 5.82 Å². The molecule has 4 atom stereocenters. The molecule has 4 rings (SSSR count). The third kappa shape index (κ3) is 8.32. The standard InChI is InChI=1S/C28H33F7N2O3.ClH/c1-3-36-9-11-37(38,12-10-36)17-20-8-13-39-26(25(20)19-4-6-24(29)7-5-19)40-18(2)21-14-22(27(30,31)32)16-23(15-21)28(33,34)35;/h4-7,14-16,18,20,25-26H,3,8-13,17H2,1-2H3;1H/t18-,20+,25+,26-;/m1./s1. The van der Waals surface area contributed by atoms with Gasteiger partial charge in [-0.1, -0.05) is 19.1 Å². The van der Waals surface area contributed by atoms with E-state index < -0.39 is 52.3 Å². The Morgan fingerprint density at radius 3 is 2.07 bits per heavy atom. The first-order valence-corrected chi connectivity index (χ1v) is 13.3. The third-order valence-electron chi connectivity index (χ3n) is 7.91. The summed E-state index contributed by atoms with van der Waals surface area (Å²) in [7, 11) is 0. The maximum Gasteiger partial charge on any atom is 0.416 e. The van der Waals surface area contributed by atoms with E-state index in [-0.39, 0.29) is 43.1 Å². The predicted molar refractivity (Wildman–Crippen MR) is 141 cm³/mol. The van der Waals surface area contributed by atoms with Crippen LogP contribution < -0.4 is 0 Å². The molecule has 0 spiro atoms. The molecule has 2 aromatic rings. The molecule has 5 nitrogen and oxygen atoms in total. The van der Waals surface area contributed by atoms with Gasteiger partial charge < -0.3 is 19.3 Å². The number of rotatable bonds is 7. The number of hydrogen-bond donors (Lipinski definition) is 0. The first-order valence-electron chi connectivity index (χ1n) is 13.3. The summed E-state index contributed by atoms with van der Waals surface area (Å²) in [6, 6.07) is 6.94. The average molecular weight is 615 g/mol. The Morgan fingerprint density at radius 2 is 1.56 bits per heavy atom. The molecule has 0 saturated carbocycles. The van der Waals surface area contributed by atoms with Crippen LogP contribution in [0.15, 0.2) is 42.5 Å². The van der Waals surface area contributed by atoms with Crippen molar-refractivity contribution in [2.45, 2.75) is 50.9 Å². The quantitative estimate of drug-likeness (QED) is 0.189. The number of ether oxygens (including phenoxy) is 2. The Morgan fingerprint density at radius 1 is 1.00 bits per heavy atom. The van der Waals surface area contributed by atoms with Crippen LogP contribution in [-0.2, 0) is 21.8 Å². The largest absolute Gasteiger partial charge is 0.633 e. The molecule has 0 amide bonds. The molecule has 0 bridgehead atoms. The number of benzene rings is 2. The molecule has 0 radical (unpaired) electrons. The lowest BCUT2D eigenvalue weighted by Gasteiger charge is -2.51. The van der Waals surface area contributed by atoms with Crippen LogP contribution in [0.2, 0.25) is 0 Å². The topological polar surface area (TPSA) is 44.8 Å². The van der Waals surface area contributed by atoms with Crippen LogP contribution in [0.25, 0.3) is 0 Å². The van der Waals surface area contributed by atoms with E-state index in [1.165, 1.54) is 19.1 Å². The minimum Gasteiger partial charge on any atom is -0.633 e. The second-order valence-electron chi connectivity index (χ2n) is 10.6. The highest BCUT2D eigenvalue weighted by Gasteiger charge is 2.42. The molecule has 230 valence electrons. The summed E-state index contributed by atoms with van der Waals surface area (Å²) in [5.41, 5.74) is -2.57. The van der Waals surface area contributed by atoms with Gasteiger partial charge in [-0.25, -0.2) is 4.39 Å². The van der Waals surface area contributed by atoms with E-state index in [0.717, 1.165) is 6.54 Å². The number of hydrogen-bond acceptors (Lipinski definition) is 4. The van der Waals surface area contributed by atoms with E-state index in [1.54, 1.807) is 12.1 Å². The molecule has 2 saturated heterocycles. The molecule has 2 heterocycles. The molecule has 0 aliphatic carbocycles. The molecule has 0 unspecified atom stereocenters. The van der Waals surface area contributed by atoms with Crippen LogP contribution in [-0.4, -0.2) is 61.7 Å². The fourth-order valence-electron chi connectivity index (χ4n) is 5.57. The molecule has 0 aromatic heterocycles. The van der Waals surface area contributed by atoms with E-state index >= 15 is 0 Å². The van der Waals surface area contributed by atoms with Gasteiger partial charge in [-0.2, -0.15) is 26.3 Å². The van der Waals surface area contributed by atoms with Crippen molar-refractivity contribution >= 4 is 12.4 Å². The van der Waals surface area contributed by atoms with Gasteiger partial charge in [0.2, 0.25) is 0 Å². The molecule has 2 aromatic carbocycles. The Balaban J connectivity index is 0.00000462. The number of hydroxylamine groups is 3. The van der Waals surface area contributed by atoms with Gasteiger partial charge in [-0.3, -0.25) is 4.90 Å². The van der Waals surface area contributed by atoms with E-state index in [1.807, 2.05) is 6.92 Å². The Bertz CT molecular complexity index is 1110. The normalized spacial score (nSPS) is 24.5. The van der Waals surface area contributed by atoms with Crippen LogP contribution in [0.5, 0.6) is 0 Å². The van der Waals surface area contributed by atoms with Gasteiger partial charge in [0.05, 0.1) is 43.5 Å². The SMILES string of the molecule is CCN1CC[N+]([O-])(C[C@@H]2CCO[C@H](O[C@H](C)c3cc(C(F)(F)F)cc(C(F)(F)F)c3)[C@H]2c2ccc(F)cc2)CC1.Cl. The van der Waals surface area contributed by atoms with Gasteiger partial charge in [0.25, 0.3) is 0 Å². The number of nitrogens with zero attached hydrogens (tertiary/aromatic N) is 2. The lowest BCUT2D eigenvalue weighted by Crippen LogP contribution is -2.58. The number of quaternary nitrogens is 1. The summed E-state index contributed by atoms with van der Waals surface area (Å²) in [5, 5.41) is 13.7. The van der Waals surface area contributed by atoms with Crippen molar-refractivity contribution in [2.24, 2.45) is 5.92 Å². The van der Waals surface area contributed by atoms with Crippen LogP contribution >= 0.6 is 12.4 Å². The third-order valence-corrected chi connectivity index (χ3v) is 7.91. The van der Waals surface area contributed by atoms with Crippen molar-refractivity contribution in [1.82, 2.24) is 4.90 Å². The highest BCUT2D eigenvalue weighted by molar-refractivity contribution is 5.85. The Hall–Kier alpha value is -1.96. The smallest absolute Gasteiger partial charge is 0.416 e. The van der Waals surface area contributed by atoms with Crippen molar-refractivity contribution in [3.63, 3.8) is 0 Å². The van der Waals surface area contributed by atoms with E-state index in [4.69, 9.17) is 9.47 Å². The summed E-state index contributed by atoms with van der Waals surface area (Å²) in [5.74, 6) is -1.33. The first kappa shape index (κ1) is 33.5. The highest BCUT2D eigenvalue weighted by Crippen LogP contribution is 2.42. The maximum absolute atomic E-state index is 13.7. The molecular weight excluding hydrogens is 581 g/mol. The van der Waals surface area contributed by atoms with Gasteiger partial charge in [0.15, 0.2) is 6.29 Å². The molecule has 13 heteroatoms. The highest BCUT2D eigenvalue weighted by atomic mass is 35.5. The van der Waals surface area contributed by atoms with Crippen molar-refractivity contribution in [3.05, 3.63) is 75.7 Å². The fourth-order valence-corrected chi connectivity index (χ4v) is 5.57. The number of halogens is 8. The van der Waals surface area contributed by atoms with Crippen molar-refractivity contribution in [1.29, 1.82) is 0 Å². The van der Waals surface area contributed by atoms with Crippen LogP contribution in [0.4, 0.5) is 30.7 Å². The molecular formula is C28H34ClF7N2O3. The van der Waals surface area contributed by atoms with Gasteiger partial charge in [-0.05, 0) is 61.3 Å². The summed E-state index contributed by atoms with van der Waals surface area (Å²) >= 11 is 0. The Kier molecular flexibility index (Phi) is 10.7. The maximum atomic E-state index is 13.7. The lowest BCUT2D eigenvalue weighted by atomic mass is 9.81. The van der Waals surface area contributed by atoms with E-state index in [0.29, 0.717) is 50.3 Å². The zero-order valence-electron chi connectivity index (χ0n) is 22.7. The minimum atomic E-state index is -4.99. The molecule has 2 fully saturated rings. The Labute approximate surface area is 240 Å². The lowest BCUT2D eigenvalue weighted by molar-refractivity contribution is -0.889. The minimum absolute atomic E-state index is 0. The summed E-state index contributed by atoms with van der Waals surface area (Å²) in [6.07, 6.45) is -11.8. The monoisotopic (exact) mass is 614 g/mol. The predicted octanol–water partition coefficient (Wildman–Crippen LogP) is 7.16. The van der Waals surface area contributed by atoms with Gasteiger partial charge in [0, 0.05) is 24.9 Å². The first-order chi connectivity index (χ1) is 18.7. The van der Waals surface area contributed by atoms with Crippen molar-refractivity contribution in [3.8, 4) is 0 Å². The second kappa shape index (κ2) is 13.1. The molecule has 0 N–H and O–H groups in total. The zero-order chi connectivity index (χ0) is 29.3. The van der Waals surface area contributed by atoms with Gasteiger partial charge in [-0.15, -0.1) is 12.4 Å². The number of likely N-dealkylation sites (N-methyl/N-ethyl adjacent to an activating group) is 1. The van der Waals surface area contributed by atoms with Crippen LogP contribution in [0.1, 0.15) is 54.5 Å². The number of alkyl halides is 6. The summed E-state index contributed by atoms with van der Waals surface area (Å²) in [4.78, 5) is 2.19. The molecule has 2 aliphatic heterocycles. The molecule has 2 aliphatic rings. The van der Waals surface area contributed by atoms with Crippen LogP contribution in [0.3, 0.4) is 0 Å².